The minimum Gasteiger partial charge on any atom is -0.337 e. The van der Waals surface area contributed by atoms with Gasteiger partial charge in [-0.15, -0.1) is 0 Å². The number of rotatable bonds is 7. The van der Waals surface area contributed by atoms with Gasteiger partial charge in [0.2, 0.25) is 11.8 Å². The van der Waals surface area contributed by atoms with E-state index in [1.54, 1.807) is 45.8 Å². The highest BCUT2D eigenvalue weighted by Gasteiger charge is 2.50. The van der Waals surface area contributed by atoms with E-state index in [0.717, 1.165) is 11.3 Å². The lowest BCUT2D eigenvalue weighted by molar-refractivity contribution is -0.187. The number of likely N-dealkylation sites (N-methyl/N-ethyl adjacent to an activating group) is 1. The lowest BCUT2D eigenvalue weighted by atomic mass is 10.0. The first kappa shape index (κ1) is 24.3. The standard InChI is InChI=1S/C22H32FN5O3S/c1-15(2)12-26-13-19-27(18(21(26)30)9-10-32-4)20(29)14-25(3)28(19)22(31)24-11-16-5-7-17(23)8-6-16/h5-8,15,18-19H,9-14H2,1-4H3,(H,24,31)/t18-,19-/m0/s1. The number of carbonyl (C=O) groups is 3. The van der Waals surface area contributed by atoms with Crippen LogP contribution in [0.15, 0.2) is 24.3 Å². The number of piperazine rings is 1. The maximum Gasteiger partial charge on any atom is 0.334 e. The molecule has 2 heterocycles. The Balaban J connectivity index is 1.83. The molecule has 0 spiro atoms. The van der Waals surface area contributed by atoms with Crippen molar-refractivity contribution in [3.8, 4) is 0 Å². The van der Waals surface area contributed by atoms with E-state index >= 15 is 0 Å². The van der Waals surface area contributed by atoms with Crippen molar-refractivity contribution in [1.29, 1.82) is 0 Å². The molecule has 1 N–H and O–H groups in total. The van der Waals surface area contributed by atoms with Gasteiger partial charge in [0.15, 0.2) is 0 Å². The van der Waals surface area contributed by atoms with Gasteiger partial charge in [0.1, 0.15) is 18.0 Å². The van der Waals surface area contributed by atoms with Crippen LogP contribution >= 0.6 is 11.8 Å². The van der Waals surface area contributed by atoms with Crippen LogP contribution in [0.5, 0.6) is 0 Å². The number of nitrogens with zero attached hydrogens (tertiary/aromatic N) is 4. The van der Waals surface area contributed by atoms with Crippen LogP contribution in [0.4, 0.5) is 9.18 Å². The third-order valence-corrected chi connectivity index (χ3v) is 6.33. The van der Waals surface area contributed by atoms with Crippen molar-refractivity contribution < 1.29 is 18.8 Å². The van der Waals surface area contributed by atoms with Gasteiger partial charge in [-0.25, -0.2) is 19.2 Å². The fourth-order valence-electron chi connectivity index (χ4n) is 4.28. The molecule has 10 heteroatoms. The van der Waals surface area contributed by atoms with Gasteiger partial charge in [0.05, 0.1) is 13.1 Å². The van der Waals surface area contributed by atoms with Gasteiger partial charge in [0, 0.05) is 20.1 Å². The van der Waals surface area contributed by atoms with E-state index in [1.807, 2.05) is 20.1 Å². The largest absolute Gasteiger partial charge is 0.337 e. The molecule has 1 aromatic carbocycles. The normalized spacial score (nSPS) is 21.9. The van der Waals surface area contributed by atoms with Gasteiger partial charge in [-0.05, 0) is 42.0 Å². The van der Waals surface area contributed by atoms with Crippen molar-refractivity contribution in [2.24, 2.45) is 5.92 Å². The molecule has 2 saturated heterocycles. The van der Waals surface area contributed by atoms with Gasteiger partial charge >= 0.3 is 6.03 Å². The molecular formula is C22H32FN5O3S. The fraction of sp³-hybridized carbons (Fsp3) is 0.591. The van der Waals surface area contributed by atoms with Gasteiger partial charge in [-0.1, -0.05) is 26.0 Å². The number of nitrogens with one attached hydrogen (secondary N) is 1. The second kappa shape index (κ2) is 10.5. The molecule has 1 aromatic rings. The topological polar surface area (TPSA) is 76.2 Å². The molecular weight excluding hydrogens is 433 g/mol. The van der Waals surface area contributed by atoms with Crippen LogP contribution < -0.4 is 5.32 Å². The minimum atomic E-state index is -0.575. The highest BCUT2D eigenvalue weighted by Crippen LogP contribution is 2.28. The number of amides is 4. The van der Waals surface area contributed by atoms with E-state index in [4.69, 9.17) is 0 Å². The molecule has 0 aliphatic carbocycles. The highest BCUT2D eigenvalue weighted by atomic mass is 32.2. The summed E-state index contributed by atoms with van der Waals surface area (Å²) >= 11 is 1.63. The number of carbonyl (C=O) groups excluding carboxylic acids is 3. The van der Waals surface area contributed by atoms with Crippen molar-refractivity contribution in [3.05, 3.63) is 35.6 Å². The van der Waals surface area contributed by atoms with Crippen molar-refractivity contribution in [3.63, 3.8) is 0 Å². The molecule has 0 radical (unpaired) electrons. The van der Waals surface area contributed by atoms with E-state index in [9.17, 15) is 18.8 Å². The Bertz CT molecular complexity index is 837. The van der Waals surface area contributed by atoms with E-state index < -0.39 is 12.2 Å². The number of halogens is 1. The first-order valence-electron chi connectivity index (χ1n) is 10.8. The minimum absolute atomic E-state index is 0.0215. The molecule has 2 fully saturated rings. The molecule has 8 nitrogen and oxygen atoms in total. The zero-order valence-electron chi connectivity index (χ0n) is 19.1. The molecule has 0 bridgehead atoms. The number of fused-ring (bicyclic) bond motifs is 1. The molecule has 0 aromatic heterocycles. The van der Waals surface area contributed by atoms with E-state index in [-0.39, 0.29) is 49.2 Å². The van der Waals surface area contributed by atoms with Crippen molar-refractivity contribution >= 4 is 29.6 Å². The third-order valence-electron chi connectivity index (χ3n) is 5.69. The third kappa shape index (κ3) is 5.35. The van der Waals surface area contributed by atoms with Gasteiger partial charge in [0.25, 0.3) is 0 Å². The Morgan fingerprint density at radius 2 is 1.94 bits per heavy atom. The summed E-state index contributed by atoms with van der Waals surface area (Å²) in [6, 6.07) is 5.00. The average molecular weight is 466 g/mol. The second-order valence-electron chi connectivity index (χ2n) is 8.66. The molecule has 32 heavy (non-hydrogen) atoms. The van der Waals surface area contributed by atoms with E-state index in [0.29, 0.717) is 13.0 Å². The van der Waals surface area contributed by atoms with Crippen LogP contribution in [0.1, 0.15) is 25.8 Å². The van der Waals surface area contributed by atoms with E-state index in [2.05, 4.69) is 5.32 Å². The zero-order valence-corrected chi connectivity index (χ0v) is 19.9. The highest BCUT2D eigenvalue weighted by molar-refractivity contribution is 7.98. The lowest BCUT2D eigenvalue weighted by Gasteiger charge is -2.54. The number of hydrogen-bond donors (Lipinski definition) is 1. The quantitative estimate of drug-likeness (QED) is 0.666. The summed E-state index contributed by atoms with van der Waals surface area (Å²) in [7, 11) is 1.70. The summed E-state index contributed by atoms with van der Waals surface area (Å²) in [6.07, 6.45) is 1.95. The molecule has 176 valence electrons. The molecule has 2 aliphatic heterocycles. The lowest BCUT2D eigenvalue weighted by Crippen LogP contribution is -2.76. The zero-order chi connectivity index (χ0) is 23.4. The van der Waals surface area contributed by atoms with Crippen molar-refractivity contribution in [2.75, 3.05) is 38.7 Å². The van der Waals surface area contributed by atoms with E-state index in [1.165, 1.54) is 17.1 Å². The van der Waals surface area contributed by atoms with Crippen molar-refractivity contribution in [1.82, 2.24) is 25.1 Å². The van der Waals surface area contributed by atoms with Crippen molar-refractivity contribution in [2.45, 2.75) is 39.0 Å². The smallest absolute Gasteiger partial charge is 0.334 e. The van der Waals surface area contributed by atoms with Crippen LogP contribution in [-0.4, -0.2) is 88.6 Å². The Morgan fingerprint density at radius 3 is 2.56 bits per heavy atom. The van der Waals surface area contributed by atoms with Gasteiger partial charge in [-0.2, -0.15) is 11.8 Å². The summed E-state index contributed by atoms with van der Waals surface area (Å²) in [5.74, 6) is 0.481. The van der Waals surface area contributed by atoms with Gasteiger partial charge < -0.3 is 15.1 Å². The summed E-state index contributed by atoms with van der Waals surface area (Å²) < 4.78 is 13.2. The maximum absolute atomic E-state index is 13.2. The molecule has 2 atom stereocenters. The fourth-order valence-corrected chi connectivity index (χ4v) is 4.74. The Labute approximate surface area is 193 Å². The Hall–Kier alpha value is -2.33. The SMILES string of the molecule is CSCC[C@H]1C(=O)N(CC(C)C)C[C@H]2N1C(=O)CN(C)N2C(=O)NCc1ccc(F)cc1. The first-order chi connectivity index (χ1) is 15.2. The van der Waals surface area contributed by atoms with Crippen LogP contribution in [0.2, 0.25) is 0 Å². The number of hydrogen-bond acceptors (Lipinski definition) is 5. The summed E-state index contributed by atoms with van der Waals surface area (Å²) in [5, 5.41) is 6.02. The number of hydrazine groups is 1. The van der Waals surface area contributed by atoms with Crippen LogP contribution in [0, 0.1) is 11.7 Å². The van der Waals surface area contributed by atoms with Gasteiger partial charge in [-0.3, -0.25) is 9.59 Å². The van der Waals surface area contributed by atoms with Crippen LogP contribution in [0.25, 0.3) is 0 Å². The predicted octanol–water partition coefficient (Wildman–Crippen LogP) is 1.97. The number of urea groups is 1. The average Bonchev–Trinajstić information content (AvgIpc) is 2.73. The second-order valence-corrected chi connectivity index (χ2v) is 9.65. The Morgan fingerprint density at radius 1 is 1.25 bits per heavy atom. The predicted molar refractivity (Wildman–Crippen MR) is 122 cm³/mol. The molecule has 4 amide bonds. The van der Waals surface area contributed by atoms with Crippen LogP contribution in [0.3, 0.4) is 0 Å². The maximum atomic E-state index is 13.2. The monoisotopic (exact) mass is 465 g/mol. The van der Waals surface area contributed by atoms with Crippen LogP contribution in [-0.2, 0) is 16.1 Å². The summed E-state index contributed by atoms with van der Waals surface area (Å²) in [5.41, 5.74) is 0.769. The summed E-state index contributed by atoms with van der Waals surface area (Å²) in [4.78, 5) is 42.8. The molecule has 0 saturated carbocycles. The Kier molecular flexibility index (Phi) is 8.00. The molecule has 2 aliphatic rings. The summed E-state index contributed by atoms with van der Waals surface area (Å²) in [6.45, 7) is 5.18. The molecule has 0 unspecified atom stereocenters. The molecule has 3 rings (SSSR count). The number of benzene rings is 1. The number of thioether (sulfide) groups is 1. The first-order valence-corrected chi connectivity index (χ1v) is 12.2.